The fourth-order valence-electron chi connectivity index (χ4n) is 9.99. The molecule has 0 heterocycles. The van der Waals surface area contributed by atoms with Crippen molar-refractivity contribution < 1.29 is 32.9 Å². The van der Waals surface area contributed by atoms with Crippen LogP contribution >= 0.6 is 7.82 Å². The quantitative estimate of drug-likeness (QED) is 0.0272. The zero-order valence-electron chi connectivity index (χ0n) is 52.8. The van der Waals surface area contributed by atoms with Crippen LogP contribution < -0.4 is 10.2 Å². The van der Waals surface area contributed by atoms with E-state index in [1.54, 1.807) is 0 Å². The van der Waals surface area contributed by atoms with Crippen LogP contribution in [0.3, 0.4) is 0 Å². The number of unbranched alkanes of at least 4 members (excludes halogenated alkanes) is 37. The molecule has 0 aliphatic carbocycles. The zero-order valence-corrected chi connectivity index (χ0v) is 53.7. The number of amides is 1. The van der Waals surface area contributed by atoms with Crippen molar-refractivity contribution in [2.45, 2.75) is 328 Å². The van der Waals surface area contributed by atoms with Crippen LogP contribution in [0.1, 0.15) is 316 Å². The molecular formula is C70H131N2O6P. The van der Waals surface area contributed by atoms with Crippen molar-refractivity contribution in [2.75, 3.05) is 40.9 Å². The Labute approximate surface area is 491 Å². The molecule has 0 bridgehead atoms. The molecule has 8 nitrogen and oxygen atoms in total. The summed E-state index contributed by atoms with van der Waals surface area (Å²) in [6.45, 7) is 4.64. The number of aliphatic hydroxyl groups is 1. The molecule has 9 heteroatoms. The van der Waals surface area contributed by atoms with E-state index < -0.39 is 20.0 Å². The van der Waals surface area contributed by atoms with Gasteiger partial charge < -0.3 is 28.8 Å². The number of rotatable bonds is 62. The molecule has 3 atom stereocenters. The van der Waals surface area contributed by atoms with Crippen molar-refractivity contribution in [3.63, 3.8) is 0 Å². The minimum atomic E-state index is -4.58. The second-order valence-corrected chi connectivity index (χ2v) is 25.6. The summed E-state index contributed by atoms with van der Waals surface area (Å²) in [7, 11) is 1.30. The summed E-state index contributed by atoms with van der Waals surface area (Å²) in [5.41, 5.74) is 0. The van der Waals surface area contributed by atoms with E-state index in [0.717, 1.165) is 83.5 Å². The van der Waals surface area contributed by atoms with Gasteiger partial charge in [-0.25, -0.2) is 0 Å². The maximum absolute atomic E-state index is 13.0. The van der Waals surface area contributed by atoms with Crippen LogP contribution in [0.4, 0.5) is 0 Å². The Balaban J connectivity index is 4.09. The lowest BCUT2D eigenvalue weighted by Crippen LogP contribution is -2.46. The highest BCUT2D eigenvalue weighted by Crippen LogP contribution is 2.38. The maximum Gasteiger partial charge on any atom is 0.268 e. The van der Waals surface area contributed by atoms with Gasteiger partial charge in [-0.3, -0.25) is 9.36 Å². The molecule has 0 aliphatic heterocycles. The number of phosphoric acid groups is 1. The van der Waals surface area contributed by atoms with Gasteiger partial charge in [-0.15, -0.1) is 0 Å². The van der Waals surface area contributed by atoms with E-state index in [1.165, 1.54) is 205 Å². The van der Waals surface area contributed by atoms with Crippen LogP contribution in [-0.4, -0.2) is 68.5 Å². The Hall–Kier alpha value is -2.06. The zero-order chi connectivity index (χ0) is 57.7. The highest BCUT2D eigenvalue weighted by molar-refractivity contribution is 7.45. The molecule has 0 aromatic rings. The minimum absolute atomic E-state index is 0.00914. The Bertz CT molecular complexity index is 1520. The molecule has 462 valence electrons. The number of allylic oxidation sites excluding steroid dienone is 12. The summed E-state index contributed by atoms with van der Waals surface area (Å²) in [4.78, 5) is 25.7. The normalized spacial score (nSPS) is 14.2. The van der Waals surface area contributed by atoms with Crippen molar-refractivity contribution in [3.8, 4) is 0 Å². The van der Waals surface area contributed by atoms with Gasteiger partial charge in [0.2, 0.25) is 5.91 Å². The Morgan fingerprint density at radius 2 is 0.772 bits per heavy atom. The topological polar surface area (TPSA) is 108 Å². The summed E-state index contributed by atoms with van der Waals surface area (Å²) in [6, 6.07) is -0.809. The number of hydrogen-bond donors (Lipinski definition) is 2. The first-order valence-electron chi connectivity index (χ1n) is 33.8. The number of carbonyl (C=O) groups is 1. The summed E-state index contributed by atoms with van der Waals surface area (Å²) in [5.74, 6) is -0.168. The van der Waals surface area contributed by atoms with Gasteiger partial charge in [0.1, 0.15) is 13.2 Å². The third-order valence-electron chi connectivity index (χ3n) is 15.2. The van der Waals surface area contributed by atoms with Crippen molar-refractivity contribution >= 4 is 13.7 Å². The van der Waals surface area contributed by atoms with Crippen LogP contribution in [0.15, 0.2) is 72.9 Å². The number of nitrogens with one attached hydrogen (secondary N) is 1. The second kappa shape index (κ2) is 60.5. The van der Waals surface area contributed by atoms with Crippen LogP contribution in [-0.2, 0) is 18.4 Å². The molecule has 0 saturated carbocycles. The third-order valence-corrected chi connectivity index (χ3v) is 16.2. The number of nitrogens with zero attached hydrogens (tertiary/aromatic N) is 1. The van der Waals surface area contributed by atoms with Crippen LogP contribution in [0, 0.1) is 0 Å². The van der Waals surface area contributed by atoms with Crippen molar-refractivity contribution in [1.29, 1.82) is 0 Å². The first kappa shape index (κ1) is 76.9. The lowest BCUT2D eigenvalue weighted by molar-refractivity contribution is -0.870. The fraction of sp³-hybridized carbons (Fsp3) is 0.814. The SMILES string of the molecule is CC/C=C\C/C=C\C/C=C\C/C=C\C/C=C\C/C=C\CCCCCCCCCCCCC(=O)NC(COP(=O)([O-])OCC[N+](C)(C)C)C(O)CCCCCCCCCCCCCCCCCCCCCCCCCCCCCC. The predicted octanol–water partition coefficient (Wildman–Crippen LogP) is 20.8. The lowest BCUT2D eigenvalue weighted by atomic mass is 10.0. The molecule has 3 unspecified atom stereocenters. The Kier molecular flexibility index (Phi) is 59.0. The second-order valence-electron chi connectivity index (χ2n) is 24.2. The van der Waals surface area contributed by atoms with E-state index in [0.29, 0.717) is 23.9 Å². The molecule has 0 aromatic carbocycles. The summed E-state index contributed by atoms with van der Waals surface area (Å²) < 4.78 is 23.5. The number of carbonyl (C=O) groups excluding carboxylic acids is 1. The Morgan fingerprint density at radius 3 is 1.13 bits per heavy atom. The largest absolute Gasteiger partial charge is 0.756 e. The lowest BCUT2D eigenvalue weighted by Gasteiger charge is -2.30. The maximum atomic E-state index is 13.0. The van der Waals surface area contributed by atoms with Gasteiger partial charge in [-0.2, -0.15) is 0 Å². The minimum Gasteiger partial charge on any atom is -0.756 e. The van der Waals surface area contributed by atoms with E-state index in [1.807, 2.05) is 21.1 Å². The number of quaternary nitrogens is 1. The smallest absolute Gasteiger partial charge is 0.268 e. The van der Waals surface area contributed by atoms with Crippen molar-refractivity contribution in [1.82, 2.24) is 5.32 Å². The molecule has 79 heavy (non-hydrogen) atoms. The number of hydrogen-bond acceptors (Lipinski definition) is 6. The van der Waals surface area contributed by atoms with Gasteiger partial charge in [-0.1, -0.05) is 318 Å². The van der Waals surface area contributed by atoms with Crippen molar-refractivity contribution in [2.24, 2.45) is 0 Å². The van der Waals surface area contributed by atoms with Gasteiger partial charge in [0.15, 0.2) is 0 Å². The molecule has 0 rings (SSSR count). The van der Waals surface area contributed by atoms with Gasteiger partial charge in [0.05, 0.1) is 39.9 Å². The van der Waals surface area contributed by atoms with Gasteiger partial charge in [0.25, 0.3) is 7.82 Å². The number of likely N-dealkylation sites (N-methyl/N-ethyl adjacent to an activating group) is 1. The van der Waals surface area contributed by atoms with E-state index in [9.17, 15) is 19.4 Å². The molecule has 0 saturated heterocycles. The third kappa shape index (κ3) is 63.4. The molecule has 0 fully saturated rings. The van der Waals surface area contributed by atoms with Gasteiger partial charge in [0, 0.05) is 6.42 Å². The molecule has 2 N–H and O–H groups in total. The van der Waals surface area contributed by atoms with Crippen LogP contribution in [0.5, 0.6) is 0 Å². The molecule has 0 aliphatic rings. The van der Waals surface area contributed by atoms with E-state index >= 15 is 0 Å². The highest BCUT2D eigenvalue weighted by Gasteiger charge is 2.24. The number of aliphatic hydroxyl groups excluding tert-OH is 1. The van der Waals surface area contributed by atoms with Gasteiger partial charge in [-0.05, 0) is 64.2 Å². The van der Waals surface area contributed by atoms with Crippen molar-refractivity contribution in [3.05, 3.63) is 72.9 Å². The van der Waals surface area contributed by atoms with E-state index in [4.69, 9.17) is 9.05 Å². The molecule has 1 amide bonds. The first-order chi connectivity index (χ1) is 38.5. The number of phosphoric ester groups is 1. The molecular weight excluding hydrogens is 996 g/mol. The molecule has 0 spiro atoms. The highest BCUT2D eigenvalue weighted by atomic mass is 31.2. The predicted molar refractivity (Wildman–Crippen MR) is 344 cm³/mol. The van der Waals surface area contributed by atoms with Crippen LogP contribution in [0.25, 0.3) is 0 Å². The standard InChI is InChI=1S/C70H131N2O6P/c1-6-8-10-12-14-16-18-20-22-24-26-28-30-32-34-36-38-40-42-44-46-48-50-52-54-56-58-60-62-64-70(74)71-68(67-78-79(75,76)77-66-65-72(3,4)5)69(73)63-61-59-57-55-53-51-49-47-45-43-41-39-37-35-33-31-29-27-25-23-21-19-17-15-13-11-9-7-2/h8,10,14,16,20,22,26,28,32,34,38,40,68-69,73H,6-7,9,11-13,15,17-19,21,23-25,27,29-31,33,35-37,39,41-67H2,1-5H3,(H-,71,74,75,76)/b10-8-,16-14-,22-20-,28-26-,34-32-,40-38-. The summed E-state index contributed by atoms with van der Waals surface area (Å²) in [6.07, 6.45) is 83.9. The monoisotopic (exact) mass is 1130 g/mol. The Morgan fingerprint density at radius 1 is 0.456 bits per heavy atom. The van der Waals surface area contributed by atoms with Gasteiger partial charge >= 0.3 is 0 Å². The van der Waals surface area contributed by atoms with E-state index in [-0.39, 0.29) is 19.1 Å². The fourth-order valence-corrected chi connectivity index (χ4v) is 10.7. The first-order valence-corrected chi connectivity index (χ1v) is 35.2. The molecule has 0 radical (unpaired) electrons. The van der Waals surface area contributed by atoms with Crippen LogP contribution in [0.2, 0.25) is 0 Å². The summed E-state index contributed by atoms with van der Waals surface area (Å²) >= 11 is 0. The average molecular weight is 1130 g/mol. The average Bonchev–Trinajstić information content (AvgIpc) is 3.42. The summed E-state index contributed by atoms with van der Waals surface area (Å²) in [5, 5.41) is 14.1. The molecule has 0 aromatic heterocycles. The van der Waals surface area contributed by atoms with E-state index in [2.05, 4.69) is 92.1 Å².